The Balaban J connectivity index is 1.54. The molecular formula is C13H21N3O. The molecule has 4 heteroatoms. The van der Waals surface area contributed by atoms with Gasteiger partial charge in [-0.25, -0.2) is 4.98 Å². The highest BCUT2D eigenvalue weighted by atomic mass is 16.4. The Kier molecular flexibility index (Phi) is 3.16. The molecular weight excluding hydrogens is 214 g/mol. The molecule has 2 fully saturated rings. The van der Waals surface area contributed by atoms with Gasteiger partial charge < -0.3 is 9.73 Å². The van der Waals surface area contributed by atoms with Crippen molar-refractivity contribution in [2.45, 2.75) is 51.2 Å². The number of hydrogen-bond acceptors (Lipinski definition) is 4. The summed E-state index contributed by atoms with van der Waals surface area (Å²) in [6.07, 6.45) is 6.75. The quantitative estimate of drug-likeness (QED) is 0.860. The van der Waals surface area contributed by atoms with Crippen molar-refractivity contribution in [2.75, 3.05) is 13.1 Å². The average Bonchev–Trinajstić information content (AvgIpc) is 3.03. The highest BCUT2D eigenvalue weighted by molar-refractivity contribution is 4.98. The number of nitrogens with zero attached hydrogens (tertiary/aromatic N) is 2. The molecule has 0 amide bonds. The Labute approximate surface area is 102 Å². The molecule has 0 aliphatic carbocycles. The zero-order valence-electron chi connectivity index (χ0n) is 10.5. The zero-order valence-corrected chi connectivity index (χ0v) is 10.5. The van der Waals surface area contributed by atoms with Gasteiger partial charge in [-0.1, -0.05) is 6.92 Å². The summed E-state index contributed by atoms with van der Waals surface area (Å²) < 4.78 is 5.62. The zero-order chi connectivity index (χ0) is 11.7. The maximum absolute atomic E-state index is 5.62. The van der Waals surface area contributed by atoms with Crippen LogP contribution in [0.1, 0.15) is 37.8 Å². The minimum Gasteiger partial charge on any atom is -0.444 e. The Hall–Kier alpha value is -0.870. The molecule has 94 valence electrons. The van der Waals surface area contributed by atoms with Gasteiger partial charge in [0.15, 0.2) is 0 Å². The number of hydrogen-bond donors (Lipinski definition) is 1. The van der Waals surface area contributed by atoms with E-state index in [2.05, 4.69) is 22.1 Å². The molecule has 17 heavy (non-hydrogen) atoms. The molecule has 1 N–H and O–H groups in total. The number of fused-ring (bicyclic) bond motifs is 1. The van der Waals surface area contributed by atoms with E-state index in [1.165, 1.54) is 32.4 Å². The Morgan fingerprint density at radius 2 is 2.41 bits per heavy atom. The fourth-order valence-electron chi connectivity index (χ4n) is 3.13. The van der Waals surface area contributed by atoms with E-state index in [0.717, 1.165) is 30.7 Å². The van der Waals surface area contributed by atoms with Crippen LogP contribution in [0.2, 0.25) is 0 Å². The highest BCUT2D eigenvalue weighted by Crippen LogP contribution is 2.27. The largest absolute Gasteiger partial charge is 0.444 e. The third kappa shape index (κ3) is 2.24. The number of rotatable bonds is 4. The number of oxazole rings is 1. The van der Waals surface area contributed by atoms with Gasteiger partial charge in [0.25, 0.3) is 0 Å². The van der Waals surface area contributed by atoms with E-state index in [9.17, 15) is 0 Å². The lowest BCUT2D eigenvalue weighted by Gasteiger charge is -2.20. The van der Waals surface area contributed by atoms with Gasteiger partial charge in [-0.2, -0.15) is 0 Å². The molecule has 1 aromatic heterocycles. The molecule has 2 aliphatic heterocycles. The average molecular weight is 235 g/mol. The number of aryl methyl sites for hydroxylation is 1. The SMILES string of the molecule is CCc1cnc(CNC2CCN3CCCC23)o1. The normalized spacial score (nSPS) is 28.8. The molecule has 0 spiro atoms. The van der Waals surface area contributed by atoms with Crippen LogP contribution in [-0.2, 0) is 13.0 Å². The van der Waals surface area contributed by atoms with Crippen molar-refractivity contribution >= 4 is 0 Å². The minimum absolute atomic E-state index is 0.634. The van der Waals surface area contributed by atoms with E-state index in [0.29, 0.717) is 6.04 Å². The van der Waals surface area contributed by atoms with Crippen molar-refractivity contribution in [3.63, 3.8) is 0 Å². The van der Waals surface area contributed by atoms with E-state index >= 15 is 0 Å². The molecule has 0 bridgehead atoms. The molecule has 3 heterocycles. The first-order valence-corrected chi connectivity index (χ1v) is 6.78. The summed E-state index contributed by atoms with van der Waals surface area (Å²) >= 11 is 0. The molecule has 0 saturated carbocycles. The van der Waals surface area contributed by atoms with Gasteiger partial charge in [-0.05, 0) is 25.8 Å². The van der Waals surface area contributed by atoms with E-state index < -0.39 is 0 Å². The third-order valence-corrected chi connectivity index (χ3v) is 4.07. The lowest BCUT2D eigenvalue weighted by atomic mass is 10.1. The Morgan fingerprint density at radius 1 is 1.47 bits per heavy atom. The van der Waals surface area contributed by atoms with Crippen molar-refractivity contribution in [3.8, 4) is 0 Å². The summed E-state index contributed by atoms with van der Waals surface area (Å²) in [5.74, 6) is 1.81. The van der Waals surface area contributed by atoms with Crippen LogP contribution in [0.5, 0.6) is 0 Å². The summed E-state index contributed by atoms with van der Waals surface area (Å²) in [7, 11) is 0. The van der Waals surface area contributed by atoms with Gasteiger partial charge in [0.1, 0.15) is 5.76 Å². The van der Waals surface area contributed by atoms with Gasteiger partial charge in [-0.15, -0.1) is 0 Å². The van der Waals surface area contributed by atoms with Crippen LogP contribution in [0.25, 0.3) is 0 Å². The van der Waals surface area contributed by atoms with Crippen LogP contribution in [0.3, 0.4) is 0 Å². The van der Waals surface area contributed by atoms with Gasteiger partial charge in [-0.3, -0.25) is 4.90 Å². The third-order valence-electron chi connectivity index (χ3n) is 4.07. The number of aromatic nitrogens is 1. The monoisotopic (exact) mass is 235 g/mol. The standard InChI is InChI=1S/C13H21N3O/c1-2-10-8-15-13(17-10)9-14-11-5-7-16-6-3-4-12(11)16/h8,11-12,14H,2-7,9H2,1H3. The summed E-state index contributed by atoms with van der Waals surface area (Å²) in [4.78, 5) is 6.91. The molecule has 2 saturated heterocycles. The molecule has 1 aromatic rings. The maximum atomic E-state index is 5.62. The van der Waals surface area contributed by atoms with E-state index in [1.54, 1.807) is 0 Å². The van der Waals surface area contributed by atoms with E-state index in [4.69, 9.17) is 4.42 Å². The number of nitrogens with one attached hydrogen (secondary N) is 1. The van der Waals surface area contributed by atoms with Crippen LogP contribution < -0.4 is 5.32 Å². The summed E-state index contributed by atoms with van der Waals surface area (Å²) in [6, 6.07) is 1.39. The molecule has 2 atom stereocenters. The predicted octanol–water partition coefficient (Wildman–Crippen LogP) is 1.56. The van der Waals surface area contributed by atoms with Gasteiger partial charge >= 0.3 is 0 Å². The second kappa shape index (κ2) is 4.78. The summed E-state index contributed by atoms with van der Waals surface area (Å²) in [6.45, 7) is 5.41. The molecule has 2 aliphatic rings. The fraction of sp³-hybridized carbons (Fsp3) is 0.769. The smallest absolute Gasteiger partial charge is 0.208 e. The van der Waals surface area contributed by atoms with Gasteiger partial charge in [0.05, 0.1) is 12.7 Å². The predicted molar refractivity (Wildman–Crippen MR) is 65.7 cm³/mol. The van der Waals surface area contributed by atoms with Crippen molar-refractivity contribution in [2.24, 2.45) is 0 Å². The molecule has 0 radical (unpaired) electrons. The Morgan fingerprint density at radius 3 is 3.24 bits per heavy atom. The Bertz CT molecular complexity index is 376. The lowest BCUT2D eigenvalue weighted by Crippen LogP contribution is -2.38. The molecule has 3 rings (SSSR count). The molecule has 2 unspecified atom stereocenters. The molecule has 4 nitrogen and oxygen atoms in total. The minimum atomic E-state index is 0.634. The van der Waals surface area contributed by atoms with E-state index in [-0.39, 0.29) is 0 Å². The van der Waals surface area contributed by atoms with Crippen LogP contribution in [0, 0.1) is 0 Å². The van der Waals surface area contributed by atoms with Crippen molar-refractivity contribution in [1.82, 2.24) is 15.2 Å². The highest BCUT2D eigenvalue weighted by Gasteiger charge is 2.36. The van der Waals surface area contributed by atoms with Crippen LogP contribution in [0.4, 0.5) is 0 Å². The van der Waals surface area contributed by atoms with Gasteiger partial charge in [0, 0.05) is 25.0 Å². The lowest BCUT2D eigenvalue weighted by molar-refractivity contribution is 0.294. The van der Waals surface area contributed by atoms with Crippen LogP contribution in [0.15, 0.2) is 10.6 Å². The second-order valence-electron chi connectivity index (χ2n) is 5.10. The van der Waals surface area contributed by atoms with Crippen molar-refractivity contribution < 1.29 is 4.42 Å². The van der Waals surface area contributed by atoms with Crippen molar-refractivity contribution in [3.05, 3.63) is 17.8 Å². The second-order valence-corrected chi connectivity index (χ2v) is 5.10. The first kappa shape index (κ1) is 11.2. The van der Waals surface area contributed by atoms with E-state index in [1.807, 2.05) is 6.20 Å². The maximum Gasteiger partial charge on any atom is 0.208 e. The topological polar surface area (TPSA) is 41.3 Å². The van der Waals surface area contributed by atoms with Crippen LogP contribution >= 0.6 is 0 Å². The fourth-order valence-corrected chi connectivity index (χ4v) is 3.13. The first-order chi connectivity index (χ1) is 8.36. The summed E-state index contributed by atoms with van der Waals surface area (Å²) in [5, 5.41) is 3.61. The van der Waals surface area contributed by atoms with Gasteiger partial charge in [0.2, 0.25) is 5.89 Å². The molecule has 0 aromatic carbocycles. The summed E-state index contributed by atoms with van der Waals surface area (Å²) in [5.41, 5.74) is 0. The first-order valence-electron chi connectivity index (χ1n) is 6.78. The van der Waals surface area contributed by atoms with Crippen LogP contribution in [-0.4, -0.2) is 35.1 Å². The van der Waals surface area contributed by atoms with Crippen molar-refractivity contribution in [1.29, 1.82) is 0 Å².